The molecule has 32 heavy (non-hydrogen) atoms. The third-order valence-electron chi connectivity index (χ3n) is 6.80. The van der Waals surface area contributed by atoms with Crippen LogP contribution in [0.3, 0.4) is 0 Å². The van der Waals surface area contributed by atoms with Crippen LogP contribution in [0, 0.1) is 23.3 Å². The van der Waals surface area contributed by atoms with E-state index in [9.17, 15) is 20.0 Å². The van der Waals surface area contributed by atoms with Crippen LogP contribution in [-0.2, 0) is 4.79 Å². The molecule has 1 aliphatic carbocycles. The van der Waals surface area contributed by atoms with Gasteiger partial charge in [0.05, 0.1) is 5.69 Å². The van der Waals surface area contributed by atoms with E-state index >= 15 is 0 Å². The molecule has 2 fully saturated rings. The molecule has 2 aromatic rings. The van der Waals surface area contributed by atoms with Crippen LogP contribution in [0.4, 0.5) is 5.69 Å². The smallest absolute Gasteiger partial charge is 0.348 e. The fraction of sp³-hybridized carbons (Fsp3) is 0.480. The molecule has 0 radical (unpaired) electrons. The monoisotopic (exact) mass is 451 g/mol. The second kappa shape index (κ2) is 9.74. The van der Waals surface area contributed by atoms with Crippen molar-refractivity contribution < 1.29 is 14.7 Å². The average Bonchev–Trinajstić information content (AvgIpc) is 3.26. The molecule has 7 heteroatoms. The van der Waals surface area contributed by atoms with Gasteiger partial charge in [-0.1, -0.05) is 37.3 Å². The second-order valence-electron chi connectivity index (χ2n) is 8.98. The number of benzene rings is 1. The van der Waals surface area contributed by atoms with Gasteiger partial charge in [0.1, 0.15) is 4.88 Å². The molecule has 1 aromatic carbocycles. The minimum Gasteiger partial charge on any atom is -0.477 e. The van der Waals surface area contributed by atoms with Crippen LogP contribution in [0.25, 0.3) is 10.4 Å². The molecular formula is C25H29N3O3S. The summed E-state index contributed by atoms with van der Waals surface area (Å²) >= 11 is 1.23. The predicted molar refractivity (Wildman–Crippen MR) is 126 cm³/mol. The lowest BCUT2D eigenvalue weighted by atomic mass is 9.82. The molecule has 1 aliphatic heterocycles. The molecule has 0 spiro atoms. The number of carbonyl (C=O) groups excluding carboxylic acids is 1. The van der Waals surface area contributed by atoms with Gasteiger partial charge in [-0.25, -0.2) is 4.79 Å². The lowest BCUT2D eigenvalue weighted by molar-refractivity contribution is -0.124. The van der Waals surface area contributed by atoms with E-state index in [0.717, 1.165) is 36.1 Å². The van der Waals surface area contributed by atoms with Gasteiger partial charge in [0, 0.05) is 29.9 Å². The number of rotatable bonds is 5. The van der Waals surface area contributed by atoms with Gasteiger partial charge in [0.25, 0.3) is 0 Å². The molecule has 2 heterocycles. The Bertz CT molecular complexity index is 997. The number of aromatic carboxylic acids is 1. The van der Waals surface area contributed by atoms with Crippen LogP contribution in [0.5, 0.6) is 0 Å². The van der Waals surface area contributed by atoms with Gasteiger partial charge in [0.2, 0.25) is 5.91 Å². The molecule has 0 bridgehead atoms. The van der Waals surface area contributed by atoms with E-state index < -0.39 is 5.97 Å². The topological polar surface area (TPSA) is 84.6 Å². The lowest BCUT2D eigenvalue weighted by Gasteiger charge is -2.39. The van der Waals surface area contributed by atoms with E-state index in [0.29, 0.717) is 37.5 Å². The molecule has 1 amide bonds. The first-order chi connectivity index (χ1) is 15.5. The second-order valence-corrected chi connectivity index (χ2v) is 10.0. The summed E-state index contributed by atoms with van der Waals surface area (Å²) in [6.07, 6.45) is 7.29. The molecule has 1 N–H and O–H groups in total. The zero-order valence-corrected chi connectivity index (χ0v) is 19.2. The molecule has 1 aromatic heterocycles. The van der Waals surface area contributed by atoms with Crippen molar-refractivity contribution in [3.63, 3.8) is 0 Å². The van der Waals surface area contributed by atoms with Crippen LogP contribution >= 0.6 is 11.3 Å². The number of anilines is 1. The Morgan fingerprint density at radius 1 is 1.09 bits per heavy atom. The number of carbonyl (C=O) groups is 2. The van der Waals surface area contributed by atoms with Gasteiger partial charge in [-0.15, -0.1) is 11.3 Å². The van der Waals surface area contributed by atoms with E-state index in [1.165, 1.54) is 11.3 Å². The van der Waals surface area contributed by atoms with Crippen molar-refractivity contribution in [3.05, 3.63) is 41.3 Å². The maximum Gasteiger partial charge on any atom is 0.348 e. The van der Waals surface area contributed by atoms with Gasteiger partial charge in [0.15, 0.2) is 6.19 Å². The minimum absolute atomic E-state index is 0.0484. The number of likely N-dealkylation sites (tertiary alicyclic amines) is 1. The highest BCUT2D eigenvalue weighted by Crippen LogP contribution is 2.41. The Kier molecular flexibility index (Phi) is 6.80. The normalized spacial score (nSPS) is 21.7. The molecule has 0 unspecified atom stereocenters. The van der Waals surface area contributed by atoms with Gasteiger partial charge >= 0.3 is 5.97 Å². The van der Waals surface area contributed by atoms with Gasteiger partial charge < -0.3 is 14.9 Å². The molecule has 2 aliphatic rings. The Labute approximate surface area is 193 Å². The lowest BCUT2D eigenvalue weighted by Crippen LogP contribution is -2.49. The van der Waals surface area contributed by atoms with Gasteiger partial charge in [-0.05, 0) is 56.1 Å². The number of carboxylic acids is 1. The first kappa shape index (κ1) is 22.3. The first-order valence-corrected chi connectivity index (χ1v) is 12.2. The number of piperidine rings is 1. The van der Waals surface area contributed by atoms with Crippen molar-refractivity contribution in [1.82, 2.24) is 4.90 Å². The zero-order chi connectivity index (χ0) is 22.7. The molecule has 4 rings (SSSR count). The fourth-order valence-electron chi connectivity index (χ4n) is 4.88. The van der Waals surface area contributed by atoms with E-state index in [2.05, 4.69) is 13.1 Å². The van der Waals surface area contributed by atoms with Crippen LogP contribution in [-0.4, -0.2) is 41.0 Å². The third-order valence-corrected chi connectivity index (χ3v) is 7.96. The van der Waals surface area contributed by atoms with Crippen molar-refractivity contribution in [2.75, 3.05) is 18.0 Å². The summed E-state index contributed by atoms with van der Waals surface area (Å²) in [5, 5.41) is 19.2. The quantitative estimate of drug-likeness (QED) is 0.630. The van der Waals surface area contributed by atoms with Crippen LogP contribution < -0.4 is 4.90 Å². The van der Waals surface area contributed by atoms with Gasteiger partial charge in [-0.3, -0.25) is 4.79 Å². The van der Waals surface area contributed by atoms with Crippen LogP contribution in [0.2, 0.25) is 0 Å². The number of nitrogens with zero attached hydrogens (tertiary/aromatic N) is 3. The summed E-state index contributed by atoms with van der Waals surface area (Å²) in [6.45, 7) is 3.40. The Hall–Kier alpha value is -2.85. The number of thiophene rings is 1. The predicted octanol–water partition coefficient (Wildman–Crippen LogP) is 5.22. The summed E-state index contributed by atoms with van der Waals surface area (Å²) in [6, 6.07) is 11.5. The van der Waals surface area contributed by atoms with Gasteiger partial charge in [-0.2, -0.15) is 5.26 Å². The zero-order valence-electron chi connectivity index (χ0n) is 18.4. The SMILES string of the molecule is CC1CCC(C(=O)N(c2cc(-c3ccccc3)sc2C(=O)O)C2CCN(C#N)CC2)CC1. The third kappa shape index (κ3) is 4.66. The number of hydrogen-bond acceptors (Lipinski definition) is 5. The van der Waals surface area contributed by atoms with Crippen LogP contribution in [0.15, 0.2) is 36.4 Å². The summed E-state index contributed by atoms with van der Waals surface area (Å²) < 4.78 is 0. The molecule has 6 nitrogen and oxygen atoms in total. The minimum atomic E-state index is -1.00. The summed E-state index contributed by atoms with van der Waals surface area (Å²) in [4.78, 5) is 30.6. The Balaban J connectivity index is 1.72. The highest BCUT2D eigenvalue weighted by molar-refractivity contribution is 7.18. The standard InChI is InChI=1S/C25H29N3O3S/c1-17-7-9-19(10-8-17)24(29)28(20-11-13-27(16-26)14-12-20)21-15-22(32-23(21)25(30)31)18-5-3-2-4-6-18/h2-6,15,17,19-20H,7-14H2,1H3,(H,30,31). The molecule has 1 saturated carbocycles. The van der Waals surface area contributed by atoms with E-state index in [1.54, 1.807) is 9.80 Å². The summed E-state index contributed by atoms with van der Waals surface area (Å²) in [7, 11) is 0. The molecule has 1 saturated heterocycles. The Morgan fingerprint density at radius 3 is 2.34 bits per heavy atom. The highest BCUT2D eigenvalue weighted by atomic mass is 32.1. The molecule has 0 atom stereocenters. The number of hydrogen-bond donors (Lipinski definition) is 1. The van der Waals surface area contributed by atoms with Crippen molar-refractivity contribution in [2.24, 2.45) is 11.8 Å². The van der Waals surface area contributed by atoms with Crippen molar-refractivity contribution in [2.45, 2.75) is 51.5 Å². The van der Waals surface area contributed by atoms with E-state index in [-0.39, 0.29) is 22.7 Å². The van der Waals surface area contributed by atoms with E-state index in [4.69, 9.17) is 0 Å². The first-order valence-electron chi connectivity index (χ1n) is 11.4. The average molecular weight is 452 g/mol. The fourth-order valence-corrected chi connectivity index (χ4v) is 5.87. The maximum atomic E-state index is 13.8. The largest absolute Gasteiger partial charge is 0.477 e. The van der Waals surface area contributed by atoms with Crippen molar-refractivity contribution in [1.29, 1.82) is 5.26 Å². The number of carboxylic acid groups (broad SMARTS) is 1. The van der Waals surface area contributed by atoms with Crippen molar-refractivity contribution in [3.8, 4) is 16.6 Å². The molecule has 168 valence electrons. The van der Waals surface area contributed by atoms with Crippen molar-refractivity contribution >= 4 is 28.9 Å². The maximum absolute atomic E-state index is 13.8. The number of amides is 1. The summed E-state index contributed by atoms with van der Waals surface area (Å²) in [5.74, 6) is -0.391. The highest BCUT2D eigenvalue weighted by Gasteiger charge is 2.37. The van der Waals surface area contributed by atoms with Crippen LogP contribution in [0.1, 0.15) is 55.1 Å². The molecular weight excluding hydrogens is 422 g/mol. The van der Waals surface area contributed by atoms with E-state index in [1.807, 2.05) is 36.4 Å². The summed E-state index contributed by atoms with van der Waals surface area (Å²) in [5.41, 5.74) is 1.46. The Morgan fingerprint density at radius 2 is 1.75 bits per heavy atom. The number of nitriles is 1.